The van der Waals surface area contributed by atoms with Crippen molar-refractivity contribution in [1.82, 2.24) is 10.2 Å². The summed E-state index contributed by atoms with van der Waals surface area (Å²) in [5.74, 6) is -0.0550. The third-order valence-electron chi connectivity index (χ3n) is 4.53. The summed E-state index contributed by atoms with van der Waals surface area (Å²) in [6.45, 7) is 4.30. The first-order valence-electron chi connectivity index (χ1n) is 9.00. The minimum atomic E-state index is -0.100. The quantitative estimate of drug-likeness (QED) is 0.841. The van der Waals surface area contributed by atoms with E-state index in [1.807, 2.05) is 30.3 Å². The molecular weight excluding hydrogens is 326 g/mol. The zero-order valence-corrected chi connectivity index (χ0v) is 15.1. The van der Waals surface area contributed by atoms with Crippen LogP contribution in [-0.4, -0.2) is 35.8 Å². The van der Waals surface area contributed by atoms with E-state index >= 15 is 0 Å². The summed E-state index contributed by atoms with van der Waals surface area (Å²) in [6.07, 6.45) is 1.34. The minimum Gasteiger partial charge on any atom is -0.352 e. The minimum absolute atomic E-state index is 0.0452. The highest BCUT2D eigenvalue weighted by Gasteiger charge is 2.23. The molecule has 1 atom stereocenters. The molecule has 3 rings (SSSR count). The summed E-state index contributed by atoms with van der Waals surface area (Å²) < 4.78 is 0. The summed E-state index contributed by atoms with van der Waals surface area (Å²) in [6, 6.07) is 18.0. The zero-order chi connectivity index (χ0) is 18.4. The van der Waals surface area contributed by atoms with Gasteiger partial charge in [-0.1, -0.05) is 42.5 Å². The molecule has 0 aromatic heterocycles. The third-order valence-corrected chi connectivity index (χ3v) is 4.53. The predicted molar refractivity (Wildman–Crippen MR) is 103 cm³/mol. The Bertz CT molecular complexity index is 744. The molecule has 0 saturated carbocycles. The Balaban J connectivity index is 1.44. The Morgan fingerprint density at radius 1 is 1.04 bits per heavy atom. The van der Waals surface area contributed by atoms with Gasteiger partial charge in [-0.2, -0.15) is 0 Å². The van der Waals surface area contributed by atoms with Crippen LogP contribution < -0.4 is 10.6 Å². The maximum Gasteiger partial charge on any atom is 0.224 e. The molecule has 26 heavy (non-hydrogen) atoms. The number of benzene rings is 2. The van der Waals surface area contributed by atoms with Gasteiger partial charge in [-0.05, 0) is 29.7 Å². The summed E-state index contributed by atoms with van der Waals surface area (Å²) in [5, 5.41) is 5.86. The molecule has 1 unspecified atom stereocenters. The number of amides is 2. The highest BCUT2D eigenvalue weighted by molar-refractivity contribution is 5.88. The lowest BCUT2D eigenvalue weighted by molar-refractivity contribution is -0.121. The third kappa shape index (κ3) is 5.43. The van der Waals surface area contributed by atoms with E-state index in [1.54, 1.807) is 0 Å². The van der Waals surface area contributed by atoms with Crippen LogP contribution in [0, 0.1) is 0 Å². The summed E-state index contributed by atoms with van der Waals surface area (Å²) in [5.41, 5.74) is 2.99. The van der Waals surface area contributed by atoms with Crippen LogP contribution in [0.5, 0.6) is 0 Å². The monoisotopic (exact) mass is 351 g/mol. The maximum atomic E-state index is 12.3. The van der Waals surface area contributed by atoms with Gasteiger partial charge in [0.15, 0.2) is 0 Å². The fourth-order valence-electron chi connectivity index (χ4n) is 3.31. The molecule has 0 aliphatic carbocycles. The Morgan fingerprint density at radius 2 is 1.77 bits per heavy atom. The number of hydrogen-bond donors (Lipinski definition) is 2. The van der Waals surface area contributed by atoms with Crippen molar-refractivity contribution in [3.05, 3.63) is 65.7 Å². The average Bonchev–Trinajstić information content (AvgIpc) is 3.04. The van der Waals surface area contributed by atoms with Crippen LogP contribution in [0.1, 0.15) is 24.5 Å². The molecule has 5 nitrogen and oxygen atoms in total. The van der Waals surface area contributed by atoms with Crippen molar-refractivity contribution >= 4 is 17.5 Å². The molecular formula is C21H25N3O2. The number of likely N-dealkylation sites (tertiary alicyclic amines) is 1. The molecule has 1 fully saturated rings. The topological polar surface area (TPSA) is 61.4 Å². The predicted octanol–water partition coefficient (Wildman–Crippen LogP) is 2.58. The molecule has 5 heteroatoms. The van der Waals surface area contributed by atoms with Crippen molar-refractivity contribution in [2.75, 3.05) is 18.4 Å². The van der Waals surface area contributed by atoms with Crippen molar-refractivity contribution in [3.63, 3.8) is 0 Å². The Hall–Kier alpha value is -2.66. The summed E-state index contributed by atoms with van der Waals surface area (Å²) >= 11 is 0. The molecule has 1 aliphatic rings. The molecule has 0 spiro atoms. The highest BCUT2D eigenvalue weighted by Crippen LogP contribution is 2.14. The number of rotatable bonds is 6. The Labute approximate surface area is 154 Å². The van der Waals surface area contributed by atoms with Crippen LogP contribution in [0.3, 0.4) is 0 Å². The number of carbonyl (C=O) groups excluding carboxylic acids is 2. The fraction of sp³-hybridized carbons (Fsp3) is 0.333. The van der Waals surface area contributed by atoms with Crippen molar-refractivity contribution in [1.29, 1.82) is 0 Å². The van der Waals surface area contributed by atoms with Gasteiger partial charge < -0.3 is 10.6 Å². The van der Waals surface area contributed by atoms with E-state index in [9.17, 15) is 9.59 Å². The zero-order valence-electron chi connectivity index (χ0n) is 15.1. The van der Waals surface area contributed by atoms with E-state index in [1.165, 1.54) is 12.5 Å². The lowest BCUT2D eigenvalue weighted by Crippen LogP contribution is -2.37. The van der Waals surface area contributed by atoms with Crippen LogP contribution >= 0.6 is 0 Å². The molecule has 2 N–H and O–H groups in total. The molecule has 1 aliphatic heterocycles. The van der Waals surface area contributed by atoms with Crippen molar-refractivity contribution < 1.29 is 9.59 Å². The first-order valence-corrected chi connectivity index (χ1v) is 9.00. The second-order valence-electron chi connectivity index (χ2n) is 6.83. The first-order chi connectivity index (χ1) is 12.6. The largest absolute Gasteiger partial charge is 0.352 e. The van der Waals surface area contributed by atoms with Crippen molar-refractivity contribution in [3.8, 4) is 0 Å². The van der Waals surface area contributed by atoms with Crippen LogP contribution in [-0.2, 0) is 22.6 Å². The lowest BCUT2D eigenvalue weighted by atomic mass is 10.1. The average molecular weight is 351 g/mol. The van der Waals surface area contributed by atoms with Gasteiger partial charge in [0, 0.05) is 38.3 Å². The van der Waals surface area contributed by atoms with Gasteiger partial charge >= 0.3 is 0 Å². The molecule has 1 saturated heterocycles. The molecule has 2 aromatic carbocycles. The van der Waals surface area contributed by atoms with Crippen LogP contribution in [0.4, 0.5) is 5.69 Å². The Kier molecular flexibility index (Phi) is 6.02. The SMILES string of the molecule is CC(=O)Nc1ccc(CC(=O)NC2CCN(Cc3ccccc3)C2)cc1. The normalized spacial score (nSPS) is 17.0. The first kappa shape index (κ1) is 18.1. The maximum absolute atomic E-state index is 12.3. The van der Waals surface area contributed by atoms with E-state index in [2.05, 4.69) is 39.8 Å². The molecule has 0 bridgehead atoms. The standard InChI is InChI=1S/C21H25N3O2/c1-16(25)22-19-9-7-17(8-10-19)13-21(26)23-20-11-12-24(15-20)14-18-5-3-2-4-6-18/h2-10,20H,11-15H2,1H3,(H,22,25)(H,23,26). The summed E-state index contributed by atoms with van der Waals surface area (Å²) in [4.78, 5) is 25.7. The van der Waals surface area contributed by atoms with E-state index in [0.29, 0.717) is 6.42 Å². The second-order valence-corrected chi connectivity index (χ2v) is 6.83. The van der Waals surface area contributed by atoms with Gasteiger partial charge in [0.25, 0.3) is 0 Å². The number of hydrogen-bond acceptors (Lipinski definition) is 3. The smallest absolute Gasteiger partial charge is 0.224 e. The van der Waals surface area contributed by atoms with Gasteiger partial charge in [-0.3, -0.25) is 14.5 Å². The van der Waals surface area contributed by atoms with Gasteiger partial charge in [0.05, 0.1) is 6.42 Å². The highest BCUT2D eigenvalue weighted by atomic mass is 16.2. The molecule has 2 aromatic rings. The van der Waals surface area contributed by atoms with Crippen LogP contribution in [0.2, 0.25) is 0 Å². The van der Waals surface area contributed by atoms with E-state index in [0.717, 1.165) is 37.3 Å². The van der Waals surface area contributed by atoms with Crippen molar-refractivity contribution in [2.24, 2.45) is 0 Å². The van der Waals surface area contributed by atoms with Gasteiger partial charge in [0.2, 0.25) is 11.8 Å². The van der Waals surface area contributed by atoms with Gasteiger partial charge in [-0.15, -0.1) is 0 Å². The fourth-order valence-corrected chi connectivity index (χ4v) is 3.31. The molecule has 136 valence electrons. The number of nitrogens with one attached hydrogen (secondary N) is 2. The van der Waals surface area contributed by atoms with Crippen LogP contribution in [0.25, 0.3) is 0 Å². The van der Waals surface area contributed by atoms with Gasteiger partial charge in [-0.25, -0.2) is 0 Å². The number of nitrogens with zero attached hydrogens (tertiary/aromatic N) is 1. The molecule has 2 amide bonds. The summed E-state index contributed by atoms with van der Waals surface area (Å²) in [7, 11) is 0. The van der Waals surface area contributed by atoms with E-state index in [-0.39, 0.29) is 17.9 Å². The van der Waals surface area contributed by atoms with E-state index in [4.69, 9.17) is 0 Å². The van der Waals surface area contributed by atoms with E-state index < -0.39 is 0 Å². The molecule has 0 radical (unpaired) electrons. The Morgan fingerprint density at radius 3 is 2.46 bits per heavy atom. The number of carbonyl (C=O) groups is 2. The molecule has 1 heterocycles. The van der Waals surface area contributed by atoms with Crippen molar-refractivity contribution in [2.45, 2.75) is 32.4 Å². The van der Waals surface area contributed by atoms with Crippen LogP contribution in [0.15, 0.2) is 54.6 Å². The number of anilines is 1. The lowest BCUT2D eigenvalue weighted by Gasteiger charge is -2.17. The van der Waals surface area contributed by atoms with Gasteiger partial charge in [0.1, 0.15) is 0 Å². The second kappa shape index (κ2) is 8.63.